The molecule has 1 saturated heterocycles. The molecule has 1 aromatic heterocycles. The Kier molecular flexibility index (Phi) is 3.56. The van der Waals surface area contributed by atoms with Gasteiger partial charge in [0.1, 0.15) is 5.82 Å². The van der Waals surface area contributed by atoms with E-state index in [-0.39, 0.29) is 0 Å². The van der Waals surface area contributed by atoms with Crippen LogP contribution in [0.5, 0.6) is 0 Å². The van der Waals surface area contributed by atoms with Crippen molar-refractivity contribution in [3.05, 3.63) is 12.3 Å². The maximum atomic E-state index is 4.36. The lowest BCUT2D eigenvalue weighted by Gasteiger charge is -2.30. The molecule has 1 unspecified atom stereocenters. The molecule has 2 heterocycles. The molecule has 0 saturated carbocycles. The van der Waals surface area contributed by atoms with Crippen LogP contribution in [-0.2, 0) is 0 Å². The van der Waals surface area contributed by atoms with Crippen molar-refractivity contribution >= 4 is 11.8 Å². The van der Waals surface area contributed by atoms with E-state index in [0.29, 0.717) is 12.0 Å². The largest absolute Gasteiger partial charge is 0.366 e. The molecule has 0 radical (unpaired) electrons. The third-order valence-electron chi connectivity index (χ3n) is 2.86. The molecule has 5 nitrogen and oxygen atoms in total. The number of nitrogens with zero attached hydrogens (tertiary/aromatic N) is 3. The lowest BCUT2D eigenvalue weighted by Crippen LogP contribution is -2.39. The van der Waals surface area contributed by atoms with E-state index in [1.54, 1.807) is 6.20 Å². The predicted molar refractivity (Wildman–Crippen MR) is 65.7 cm³/mol. The third kappa shape index (κ3) is 2.82. The van der Waals surface area contributed by atoms with Crippen molar-refractivity contribution in [3.8, 4) is 0 Å². The summed E-state index contributed by atoms with van der Waals surface area (Å²) in [5, 5.41) is 6.39. The molecular weight excluding hydrogens is 202 g/mol. The zero-order valence-electron chi connectivity index (χ0n) is 9.90. The molecule has 1 aliphatic rings. The highest BCUT2D eigenvalue weighted by Crippen LogP contribution is 2.13. The number of likely N-dealkylation sites (N-methyl/N-ethyl adjacent to an activating group) is 1. The highest BCUT2D eigenvalue weighted by atomic mass is 15.2. The van der Waals surface area contributed by atoms with Gasteiger partial charge in [0, 0.05) is 25.8 Å². The highest BCUT2D eigenvalue weighted by Gasteiger charge is 2.17. The minimum absolute atomic E-state index is 0.498. The molecule has 0 aromatic carbocycles. The summed E-state index contributed by atoms with van der Waals surface area (Å²) in [6.45, 7) is 2.28. The minimum Gasteiger partial charge on any atom is -0.366 e. The number of hydrogen-bond donors (Lipinski definition) is 2. The lowest BCUT2D eigenvalue weighted by molar-refractivity contribution is 0.261. The van der Waals surface area contributed by atoms with Crippen molar-refractivity contribution in [1.82, 2.24) is 14.9 Å². The zero-order valence-corrected chi connectivity index (χ0v) is 9.90. The van der Waals surface area contributed by atoms with E-state index in [1.807, 2.05) is 13.1 Å². The number of likely N-dealkylation sites (tertiary alicyclic amines) is 1. The van der Waals surface area contributed by atoms with E-state index in [1.165, 1.54) is 19.4 Å². The van der Waals surface area contributed by atoms with Crippen LogP contribution in [-0.4, -0.2) is 48.1 Å². The van der Waals surface area contributed by atoms with Crippen LogP contribution in [0.2, 0.25) is 0 Å². The second-order valence-electron chi connectivity index (χ2n) is 4.26. The van der Waals surface area contributed by atoms with Gasteiger partial charge in [-0.3, -0.25) is 0 Å². The van der Waals surface area contributed by atoms with Gasteiger partial charge in [-0.2, -0.15) is 4.98 Å². The van der Waals surface area contributed by atoms with Gasteiger partial charge in [0.25, 0.3) is 0 Å². The van der Waals surface area contributed by atoms with Gasteiger partial charge >= 0.3 is 0 Å². The highest BCUT2D eigenvalue weighted by molar-refractivity contribution is 5.40. The van der Waals surface area contributed by atoms with Crippen LogP contribution < -0.4 is 10.6 Å². The van der Waals surface area contributed by atoms with Crippen molar-refractivity contribution in [2.75, 3.05) is 37.8 Å². The van der Waals surface area contributed by atoms with Crippen LogP contribution in [0.15, 0.2) is 12.3 Å². The van der Waals surface area contributed by atoms with E-state index in [4.69, 9.17) is 0 Å². The van der Waals surface area contributed by atoms with E-state index in [0.717, 1.165) is 12.4 Å². The molecular formula is C11H19N5. The summed E-state index contributed by atoms with van der Waals surface area (Å²) < 4.78 is 0. The smallest absolute Gasteiger partial charge is 0.224 e. The van der Waals surface area contributed by atoms with Crippen LogP contribution in [0.1, 0.15) is 12.8 Å². The maximum Gasteiger partial charge on any atom is 0.224 e. The van der Waals surface area contributed by atoms with E-state index in [2.05, 4.69) is 32.5 Å². The molecule has 0 aliphatic carbocycles. The Morgan fingerprint density at radius 1 is 1.50 bits per heavy atom. The van der Waals surface area contributed by atoms with Gasteiger partial charge in [0.05, 0.1) is 0 Å². The van der Waals surface area contributed by atoms with Gasteiger partial charge in [-0.15, -0.1) is 0 Å². The Bertz CT molecular complexity index is 341. The van der Waals surface area contributed by atoms with Crippen molar-refractivity contribution in [2.45, 2.75) is 18.9 Å². The van der Waals surface area contributed by atoms with E-state index in [9.17, 15) is 0 Å². The number of rotatable bonds is 3. The molecule has 5 heteroatoms. The Morgan fingerprint density at radius 2 is 2.38 bits per heavy atom. The summed E-state index contributed by atoms with van der Waals surface area (Å²) in [6.07, 6.45) is 4.23. The monoisotopic (exact) mass is 221 g/mol. The maximum absolute atomic E-state index is 4.36. The second kappa shape index (κ2) is 5.12. The Morgan fingerprint density at radius 3 is 3.12 bits per heavy atom. The van der Waals surface area contributed by atoms with E-state index < -0.39 is 0 Å². The van der Waals surface area contributed by atoms with Gasteiger partial charge in [-0.05, 0) is 32.5 Å². The van der Waals surface area contributed by atoms with Gasteiger partial charge in [0.15, 0.2) is 0 Å². The summed E-state index contributed by atoms with van der Waals surface area (Å²) in [5.74, 6) is 1.56. The fourth-order valence-electron chi connectivity index (χ4n) is 2.05. The van der Waals surface area contributed by atoms with Crippen LogP contribution in [0.25, 0.3) is 0 Å². The first-order chi connectivity index (χ1) is 7.78. The Hall–Kier alpha value is -1.36. The summed E-state index contributed by atoms with van der Waals surface area (Å²) in [6, 6.07) is 2.41. The molecule has 0 amide bonds. The average Bonchev–Trinajstić information content (AvgIpc) is 2.29. The Labute approximate surface area is 96.3 Å². The first-order valence-corrected chi connectivity index (χ1v) is 5.74. The summed E-state index contributed by atoms with van der Waals surface area (Å²) >= 11 is 0. The summed E-state index contributed by atoms with van der Waals surface area (Å²) in [5.41, 5.74) is 0. The standard InChI is InChI=1S/C11H19N5/c1-12-11-13-6-5-10(15-11)14-9-4-3-7-16(2)8-9/h5-6,9H,3-4,7-8H2,1-2H3,(H2,12,13,14,15). The fourth-order valence-corrected chi connectivity index (χ4v) is 2.05. The van der Waals surface area contributed by atoms with Gasteiger partial charge < -0.3 is 15.5 Å². The molecule has 2 N–H and O–H groups in total. The van der Waals surface area contributed by atoms with Gasteiger partial charge in [-0.1, -0.05) is 0 Å². The van der Waals surface area contributed by atoms with Crippen LogP contribution in [0.4, 0.5) is 11.8 Å². The molecule has 16 heavy (non-hydrogen) atoms. The third-order valence-corrected chi connectivity index (χ3v) is 2.86. The molecule has 2 rings (SSSR count). The minimum atomic E-state index is 0.498. The normalized spacial score (nSPS) is 21.8. The SMILES string of the molecule is CNc1nccc(NC2CCCN(C)C2)n1. The Balaban J connectivity index is 1.97. The van der Waals surface area contributed by atoms with Gasteiger partial charge in [-0.25, -0.2) is 4.98 Å². The summed E-state index contributed by atoms with van der Waals surface area (Å²) in [4.78, 5) is 10.8. The lowest BCUT2D eigenvalue weighted by atomic mass is 10.1. The molecule has 1 fully saturated rings. The van der Waals surface area contributed by atoms with Crippen molar-refractivity contribution < 1.29 is 0 Å². The van der Waals surface area contributed by atoms with Crippen molar-refractivity contribution in [2.24, 2.45) is 0 Å². The first-order valence-electron chi connectivity index (χ1n) is 5.74. The van der Waals surface area contributed by atoms with Crippen molar-refractivity contribution in [1.29, 1.82) is 0 Å². The predicted octanol–water partition coefficient (Wildman–Crippen LogP) is 1.02. The van der Waals surface area contributed by atoms with Gasteiger partial charge in [0.2, 0.25) is 5.95 Å². The summed E-state index contributed by atoms with van der Waals surface area (Å²) in [7, 11) is 3.99. The molecule has 0 bridgehead atoms. The molecule has 1 aromatic rings. The topological polar surface area (TPSA) is 53.1 Å². The second-order valence-corrected chi connectivity index (χ2v) is 4.26. The molecule has 0 spiro atoms. The molecule has 88 valence electrons. The fraction of sp³-hybridized carbons (Fsp3) is 0.636. The van der Waals surface area contributed by atoms with E-state index >= 15 is 0 Å². The molecule has 1 atom stereocenters. The number of hydrogen-bond acceptors (Lipinski definition) is 5. The first kappa shape index (κ1) is 11.1. The quantitative estimate of drug-likeness (QED) is 0.798. The van der Waals surface area contributed by atoms with Crippen LogP contribution in [0.3, 0.4) is 0 Å². The van der Waals surface area contributed by atoms with Crippen LogP contribution in [0, 0.1) is 0 Å². The number of aromatic nitrogens is 2. The zero-order chi connectivity index (χ0) is 11.4. The average molecular weight is 221 g/mol. The van der Waals surface area contributed by atoms with Crippen molar-refractivity contribution in [3.63, 3.8) is 0 Å². The number of nitrogens with one attached hydrogen (secondary N) is 2. The number of anilines is 2. The van der Waals surface area contributed by atoms with Crippen LogP contribution >= 0.6 is 0 Å². The molecule has 1 aliphatic heterocycles. The number of piperidine rings is 1.